The van der Waals surface area contributed by atoms with Crippen molar-refractivity contribution in [3.05, 3.63) is 0 Å². The van der Waals surface area contributed by atoms with E-state index in [0.717, 1.165) is 11.8 Å². The molecule has 1 aliphatic rings. The minimum absolute atomic E-state index is 0.530. The highest BCUT2D eigenvalue weighted by Crippen LogP contribution is 2.41. The second kappa shape index (κ2) is 5.10. The first-order valence-electron chi connectivity index (χ1n) is 7.16. The molecule has 0 N–H and O–H groups in total. The van der Waals surface area contributed by atoms with Gasteiger partial charge in [0.25, 0.3) is 0 Å². The average molecular weight is 224 g/mol. The molecule has 0 aliphatic heterocycles. The third-order valence-corrected chi connectivity index (χ3v) is 3.85. The second-order valence-corrected chi connectivity index (χ2v) is 8.41. The Labute approximate surface area is 103 Å². The Morgan fingerprint density at radius 3 is 1.88 bits per heavy atom. The fraction of sp³-hybridized carbons (Fsp3) is 1.00. The van der Waals surface area contributed by atoms with Gasteiger partial charge in [-0.2, -0.15) is 0 Å². The highest BCUT2D eigenvalue weighted by molar-refractivity contribution is 4.80. The van der Waals surface area contributed by atoms with Crippen molar-refractivity contribution in [1.82, 2.24) is 0 Å². The van der Waals surface area contributed by atoms with Gasteiger partial charge in [-0.3, -0.25) is 0 Å². The van der Waals surface area contributed by atoms with Crippen molar-refractivity contribution in [2.75, 3.05) is 0 Å². The third-order valence-electron chi connectivity index (χ3n) is 3.85. The van der Waals surface area contributed by atoms with E-state index in [1.54, 1.807) is 0 Å². The zero-order chi connectivity index (χ0) is 12.4. The molecule has 0 spiro atoms. The van der Waals surface area contributed by atoms with Crippen LogP contribution in [0.5, 0.6) is 0 Å². The Kier molecular flexibility index (Phi) is 4.49. The fourth-order valence-corrected chi connectivity index (χ4v) is 3.13. The highest BCUT2D eigenvalue weighted by Gasteiger charge is 2.28. The van der Waals surface area contributed by atoms with E-state index in [-0.39, 0.29) is 0 Å². The maximum Gasteiger partial charge on any atom is -0.0380 e. The van der Waals surface area contributed by atoms with Crippen LogP contribution >= 0.6 is 0 Å². The fourth-order valence-electron chi connectivity index (χ4n) is 3.13. The molecule has 96 valence electrons. The lowest BCUT2D eigenvalue weighted by atomic mass is 9.82. The van der Waals surface area contributed by atoms with Gasteiger partial charge in [0, 0.05) is 0 Å². The van der Waals surface area contributed by atoms with E-state index < -0.39 is 0 Å². The van der Waals surface area contributed by atoms with E-state index in [9.17, 15) is 0 Å². The Hall–Kier alpha value is 0. The van der Waals surface area contributed by atoms with Crippen molar-refractivity contribution >= 4 is 0 Å². The molecule has 0 bridgehead atoms. The molecular weight excluding hydrogens is 192 g/mol. The molecule has 0 aromatic heterocycles. The largest absolute Gasteiger partial charge is 0.0602 e. The normalized spacial score (nSPS) is 27.4. The third kappa shape index (κ3) is 5.92. The van der Waals surface area contributed by atoms with E-state index >= 15 is 0 Å². The Morgan fingerprint density at radius 2 is 1.38 bits per heavy atom. The summed E-state index contributed by atoms with van der Waals surface area (Å²) < 4.78 is 0. The Bertz CT molecular complexity index is 201. The van der Waals surface area contributed by atoms with Gasteiger partial charge in [0.1, 0.15) is 0 Å². The summed E-state index contributed by atoms with van der Waals surface area (Å²) in [6, 6.07) is 0. The summed E-state index contributed by atoms with van der Waals surface area (Å²) in [5, 5.41) is 0. The van der Waals surface area contributed by atoms with Gasteiger partial charge >= 0.3 is 0 Å². The summed E-state index contributed by atoms with van der Waals surface area (Å²) in [4.78, 5) is 0. The molecule has 0 aromatic carbocycles. The van der Waals surface area contributed by atoms with Crippen LogP contribution in [0.15, 0.2) is 0 Å². The molecule has 0 saturated heterocycles. The zero-order valence-electron chi connectivity index (χ0n) is 12.4. The van der Waals surface area contributed by atoms with Crippen LogP contribution in [-0.4, -0.2) is 0 Å². The molecule has 1 rings (SSSR count). The minimum Gasteiger partial charge on any atom is -0.0602 e. The molecule has 16 heavy (non-hydrogen) atoms. The molecule has 2 atom stereocenters. The van der Waals surface area contributed by atoms with Gasteiger partial charge in [0.15, 0.2) is 0 Å². The lowest BCUT2D eigenvalue weighted by Gasteiger charge is -2.23. The maximum absolute atomic E-state index is 2.38. The van der Waals surface area contributed by atoms with E-state index in [0.29, 0.717) is 10.8 Å². The average Bonchev–Trinajstić information content (AvgIpc) is 2.44. The molecule has 1 aliphatic carbocycles. The summed E-state index contributed by atoms with van der Waals surface area (Å²) in [5.74, 6) is 2.05. The molecule has 0 nitrogen and oxygen atoms in total. The molecule has 0 radical (unpaired) electrons. The first kappa shape index (κ1) is 14.1. The molecule has 0 aromatic rings. The van der Waals surface area contributed by atoms with Crippen LogP contribution in [0.3, 0.4) is 0 Å². The summed E-state index contributed by atoms with van der Waals surface area (Å²) in [6.45, 7) is 14.3. The van der Waals surface area contributed by atoms with Gasteiger partial charge < -0.3 is 0 Å². The number of hydrogen-bond acceptors (Lipinski definition) is 0. The topological polar surface area (TPSA) is 0 Å². The van der Waals surface area contributed by atoms with Crippen LogP contribution in [0, 0.1) is 22.7 Å². The van der Waals surface area contributed by atoms with Crippen molar-refractivity contribution in [3.8, 4) is 0 Å². The van der Waals surface area contributed by atoms with E-state index in [4.69, 9.17) is 0 Å². The Morgan fingerprint density at radius 1 is 0.812 bits per heavy atom. The summed E-state index contributed by atoms with van der Waals surface area (Å²) in [7, 11) is 0. The van der Waals surface area contributed by atoms with E-state index in [2.05, 4.69) is 41.5 Å². The predicted octanol–water partition coefficient (Wildman–Crippen LogP) is 5.67. The first-order chi connectivity index (χ1) is 7.16. The first-order valence-corrected chi connectivity index (χ1v) is 7.16. The van der Waals surface area contributed by atoms with Gasteiger partial charge in [-0.25, -0.2) is 0 Å². The maximum atomic E-state index is 2.38. The lowest BCUT2D eigenvalue weighted by Crippen LogP contribution is -2.12. The Balaban J connectivity index is 2.25. The smallest absolute Gasteiger partial charge is 0.0380 e. The van der Waals surface area contributed by atoms with Crippen LogP contribution in [0.4, 0.5) is 0 Å². The van der Waals surface area contributed by atoms with Crippen LogP contribution in [0.1, 0.15) is 80.1 Å². The summed E-state index contributed by atoms with van der Waals surface area (Å²) >= 11 is 0. The standard InChI is InChI=1S/C16H32/c1-15(2,3)10-9-13-7-8-14(11-13)12-16(4,5)6/h13-14H,7-12H2,1-6H3/t13?,14-/m0/s1. The monoisotopic (exact) mass is 224 g/mol. The SMILES string of the molecule is CC(C)(C)CCC1CC[C@H](CC(C)(C)C)C1. The van der Waals surface area contributed by atoms with Crippen LogP contribution in [-0.2, 0) is 0 Å². The predicted molar refractivity (Wildman–Crippen MR) is 73.6 cm³/mol. The molecule has 1 unspecified atom stereocenters. The minimum atomic E-state index is 0.530. The van der Waals surface area contributed by atoms with Crippen molar-refractivity contribution < 1.29 is 0 Å². The van der Waals surface area contributed by atoms with Crippen molar-refractivity contribution in [2.24, 2.45) is 22.7 Å². The second-order valence-electron chi connectivity index (χ2n) is 8.41. The van der Waals surface area contributed by atoms with Crippen LogP contribution in [0.25, 0.3) is 0 Å². The molecule has 1 fully saturated rings. The zero-order valence-corrected chi connectivity index (χ0v) is 12.4. The van der Waals surface area contributed by atoms with Gasteiger partial charge in [0.2, 0.25) is 0 Å². The van der Waals surface area contributed by atoms with Crippen molar-refractivity contribution in [3.63, 3.8) is 0 Å². The lowest BCUT2D eigenvalue weighted by molar-refractivity contribution is 0.280. The molecule has 1 saturated carbocycles. The van der Waals surface area contributed by atoms with Crippen molar-refractivity contribution in [2.45, 2.75) is 80.1 Å². The van der Waals surface area contributed by atoms with Gasteiger partial charge in [-0.15, -0.1) is 0 Å². The van der Waals surface area contributed by atoms with Crippen LogP contribution in [0.2, 0.25) is 0 Å². The quantitative estimate of drug-likeness (QED) is 0.580. The summed E-state index contributed by atoms with van der Waals surface area (Å²) in [5.41, 5.74) is 1.06. The molecule has 0 heteroatoms. The highest BCUT2D eigenvalue weighted by atomic mass is 14.3. The van der Waals surface area contributed by atoms with E-state index in [1.165, 1.54) is 38.5 Å². The van der Waals surface area contributed by atoms with E-state index in [1.807, 2.05) is 0 Å². The summed E-state index contributed by atoms with van der Waals surface area (Å²) in [6.07, 6.45) is 8.79. The van der Waals surface area contributed by atoms with Crippen molar-refractivity contribution in [1.29, 1.82) is 0 Å². The van der Waals surface area contributed by atoms with Gasteiger partial charge in [0.05, 0.1) is 0 Å². The molecular formula is C16H32. The number of hydrogen-bond donors (Lipinski definition) is 0. The van der Waals surface area contributed by atoms with Crippen LogP contribution < -0.4 is 0 Å². The number of rotatable bonds is 3. The van der Waals surface area contributed by atoms with Gasteiger partial charge in [-0.1, -0.05) is 54.4 Å². The molecule has 0 heterocycles. The van der Waals surface area contributed by atoms with Gasteiger partial charge in [-0.05, 0) is 48.3 Å². The molecule has 0 amide bonds.